The van der Waals surface area contributed by atoms with Gasteiger partial charge in [0.1, 0.15) is 23.0 Å². The van der Waals surface area contributed by atoms with Gasteiger partial charge in [-0.15, -0.1) is 0 Å². The number of fused-ring (bicyclic) bond motifs is 1. The first kappa shape index (κ1) is 22.0. The quantitative estimate of drug-likeness (QED) is 0.533. The molecule has 0 spiro atoms. The number of anilines is 1. The first-order valence-corrected chi connectivity index (χ1v) is 10.3. The highest BCUT2D eigenvalue weighted by Gasteiger charge is 2.27. The van der Waals surface area contributed by atoms with Crippen molar-refractivity contribution in [3.8, 4) is 23.0 Å². The van der Waals surface area contributed by atoms with Crippen molar-refractivity contribution in [2.75, 3.05) is 26.1 Å². The lowest BCUT2D eigenvalue weighted by atomic mass is 10.1. The van der Waals surface area contributed by atoms with Crippen molar-refractivity contribution in [3.05, 3.63) is 83.1 Å². The van der Waals surface area contributed by atoms with Crippen molar-refractivity contribution in [1.29, 1.82) is 0 Å². The fraction of sp³-hybridized carbons (Fsp3) is 0.154. The number of allylic oxidation sites excluding steroid dienone is 1. The number of ketones is 1. The molecule has 1 amide bonds. The number of carbonyl (C=O) groups excluding carboxylic acids is 2. The highest BCUT2D eigenvalue weighted by atomic mass is 16.5. The monoisotopic (exact) mass is 445 g/mol. The molecule has 0 radical (unpaired) electrons. The van der Waals surface area contributed by atoms with Crippen LogP contribution in [0.25, 0.3) is 6.08 Å². The van der Waals surface area contributed by atoms with Crippen LogP contribution in [0.4, 0.5) is 5.69 Å². The minimum Gasteiger partial charge on any atom is -0.497 e. The van der Waals surface area contributed by atoms with E-state index >= 15 is 0 Å². The van der Waals surface area contributed by atoms with Crippen molar-refractivity contribution in [3.63, 3.8) is 0 Å². The first-order chi connectivity index (χ1) is 16.0. The lowest BCUT2D eigenvalue weighted by Crippen LogP contribution is -2.20. The number of hydrogen-bond donors (Lipinski definition) is 1. The zero-order valence-electron chi connectivity index (χ0n) is 18.5. The Morgan fingerprint density at radius 2 is 1.85 bits per heavy atom. The Morgan fingerprint density at radius 3 is 2.64 bits per heavy atom. The van der Waals surface area contributed by atoms with E-state index in [-0.39, 0.29) is 24.1 Å². The maximum absolute atomic E-state index is 12.7. The van der Waals surface area contributed by atoms with Gasteiger partial charge in [-0.1, -0.05) is 18.2 Å². The van der Waals surface area contributed by atoms with E-state index in [2.05, 4.69) is 5.32 Å². The van der Waals surface area contributed by atoms with Gasteiger partial charge >= 0.3 is 0 Å². The first-order valence-electron chi connectivity index (χ1n) is 10.3. The van der Waals surface area contributed by atoms with Crippen LogP contribution in [-0.2, 0) is 4.79 Å². The molecule has 1 heterocycles. The molecule has 4 rings (SSSR count). The summed E-state index contributed by atoms with van der Waals surface area (Å²) in [6, 6.07) is 17.7. The Hall–Kier alpha value is -4.26. The number of methoxy groups -OCH3 is 2. The van der Waals surface area contributed by atoms with Gasteiger partial charge < -0.3 is 24.3 Å². The minimum absolute atomic E-state index is 0.208. The van der Waals surface area contributed by atoms with Gasteiger partial charge in [0.15, 0.2) is 12.4 Å². The Balaban J connectivity index is 1.42. The maximum Gasteiger partial charge on any atom is 0.262 e. The molecule has 168 valence electrons. The van der Waals surface area contributed by atoms with Crippen LogP contribution in [0.15, 0.2) is 66.4 Å². The topological polar surface area (TPSA) is 83.1 Å². The zero-order valence-corrected chi connectivity index (χ0v) is 18.5. The predicted octanol–water partition coefficient (Wildman–Crippen LogP) is 4.65. The number of Topliss-reactive ketones (excluding diaryl/α,β-unsaturated/α-hetero) is 1. The summed E-state index contributed by atoms with van der Waals surface area (Å²) in [6.45, 7) is 1.71. The Morgan fingerprint density at radius 1 is 1.00 bits per heavy atom. The van der Waals surface area contributed by atoms with Crippen LogP contribution < -0.4 is 24.3 Å². The molecule has 0 aliphatic carbocycles. The molecule has 33 heavy (non-hydrogen) atoms. The summed E-state index contributed by atoms with van der Waals surface area (Å²) in [4.78, 5) is 25.0. The fourth-order valence-corrected chi connectivity index (χ4v) is 3.39. The molecule has 0 unspecified atom stereocenters. The van der Waals surface area contributed by atoms with Crippen LogP contribution in [0.2, 0.25) is 0 Å². The van der Waals surface area contributed by atoms with Gasteiger partial charge in [-0.25, -0.2) is 0 Å². The van der Waals surface area contributed by atoms with Crippen LogP contribution in [-0.4, -0.2) is 32.5 Å². The van der Waals surface area contributed by atoms with Crippen LogP contribution >= 0.6 is 0 Å². The second-order valence-corrected chi connectivity index (χ2v) is 7.41. The van der Waals surface area contributed by atoms with Crippen molar-refractivity contribution >= 4 is 23.5 Å². The molecular weight excluding hydrogens is 422 g/mol. The average molecular weight is 445 g/mol. The van der Waals surface area contributed by atoms with Crippen molar-refractivity contribution < 1.29 is 28.5 Å². The molecule has 0 bridgehead atoms. The van der Waals surface area contributed by atoms with E-state index in [1.54, 1.807) is 44.6 Å². The van der Waals surface area contributed by atoms with Gasteiger partial charge in [-0.2, -0.15) is 0 Å². The molecule has 0 aromatic heterocycles. The third-order valence-electron chi connectivity index (χ3n) is 5.03. The minimum atomic E-state index is -0.338. The SMILES string of the molecule is COc1cccc(/C=C2/Oc3cc(OCC(=O)Nc4cc(C)ccc4OC)ccc3C2=O)c1. The van der Waals surface area contributed by atoms with E-state index < -0.39 is 0 Å². The Kier molecular flexibility index (Phi) is 6.31. The van der Waals surface area contributed by atoms with Gasteiger partial charge in [0, 0.05) is 6.07 Å². The molecule has 1 aliphatic rings. The summed E-state index contributed by atoms with van der Waals surface area (Å²) < 4.78 is 21.9. The largest absolute Gasteiger partial charge is 0.497 e. The van der Waals surface area contributed by atoms with Gasteiger partial charge in [-0.05, 0) is 60.5 Å². The molecule has 1 aliphatic heterocycles. The molecule has 0 saturated carbocycles. The predicted molar refractivity (Wildman–Crippen MR) is 124 cm³/mol. The number of benzene rings is 3. The normalized spacial score (nSPS) is 13.3. The summed E-state index contributed by atoms with van der Waals surface area (Å²) >= 11 is 0. The molecule has 0 fully saturated rings. The summed E-state index contributed by atoms with van der Waals surface area (Å²) in [6.07, 6.45) is 1.66. The smallest absolute Gasteiger partial charge is 0.262 e. The van der Waals surface area contributed by atoms with E-state index in [1.165, 1.54) is 0 Å². The molecule has 3 aromatic carbocycles. The molecule has 7 heteroatoms. The third kappa shape index (κ3) is 4.98. The molecular formula is C26H23NO6. The summed E-state index contributed by atoms with van der Waals surface area (Å²) in [5.74, 6) is 1.69. The number of nitrogens with one attached hydrogen (secondary N) is 1. The summed E-state index contributed by atoms with van der Waals surface area (Å²) in [7, 11) is 3.12. The number of hydrogen-bond acceptors (Lipinski definition) is 6. The van der Waals surface area contributed by atoms with E-state index in [1.807, 2.05) is 43.3 Å². The fourth-order valence-electron chi connectivity index (χ4n) is 3.39. The number of aryl methyl sites for hydroxylation is 1. The highest BCUT2D eigenvalue weighted by molar-refractivity contribution is 6.14. The van der Waals surface area contributed by atoms with Crippen LogP contribution in [0.1, 0.15) is 21.5 Å². The van der Waals surface area contributed by atoms with Gasteiger partial charge in [0.05, 0.1) is 25.5 Å². The van der Waals surface area contributed by atoms with Crippen molar-refractivity contribution in [1.82, 2.24) is 0 Å². The highest BCUT2D eigenvalue weighted by Crippen LogP contribution is 2.35. The second kappa shape index (κ2) is 9.48. The number of carbonyl (C=O) groups is 2. The van der Waals surface area contributed by atoms with Crippen molar-refractivity contribution in [2.24, 2.45) is 0 Å². The lowest BCUT2D eigenvalue weighted by Gasteiger charge is -2.12. The van der Waals surface area contributed by atoms with Gasteiger partial charge in [0.25, 0.3) is 5.91 Å². The molecule has 1 N–H and O–H groups in total. The van der Waals surface area contributed by atoms with Crippen LogP contribution in [0, 0.1) is 6.92 Å². The molecule has 3 aromatic rings. The number of amides is 1. The van der Waals surface area contributed by atoms with Crippen LogP contribution in [0.3, 0.4) is 0 Å². The van der Waals surface area contributed by atoms with Crippen molar-refractivity contribution in [2.45, 2.75) is 6.92 Å². The number of ether oxygens (including phenoxy) is 4. The number of rotatable bonds is 7. The zero-order chi connectivity index (χ0) is 23.4. The molecule has 7 nitrogen and oxygen atoms in total. The van der Waals surface area contributed by atoms with Crippen LogP contribution in [0.5, 0.6) is 23.0 Å². The molecule has 0 saturated heterocycles. The van der Waals surface area contributed by atoms with Gasteiger partial charge in [-0.3, -0.25) is 9.59 Å². The summed E-state index contributed by atoms with van der Waals surface area (Å²) in [5, 5.41) is 2.78. The maximum atomic E-state index is 12.7. The average Bonchev–Trinajstić information content (AvgIpc) is 3.12. The lowest BCUT2D eigenvalue weighted by molar-refractivity contribution is -0.118. The molecule has 0 atom stereocenters. The summed E-state index contributed by atoms with van der Waals surface area (Å²) in [5.41, 5.74) is 2.78. The standard InChI is InChI=1S/C26H23NO6/c1-16-7-10-22(31-3)21(11-16)27-25(28)15-32-19-8-9-20-23(14-19)33-24(26(20)29)13-17-5-4-6-18(12-17)30-2/h4-14H,15H2,1-3H3,(H,27,28)/b24-13+. The third-order valence-corrected chi connectivity index (χ3v) is 5.03. The second-order valence-electron chi connectivity index (χ2n) is 7.41. The van der Waals surface area contributed by atoms with E-state index in [9.17, 15) is 9.59 Å². The van der Waals surface area contributed by atoms with E-state index in [0.717, 1.165) is 11.1 Å². The Bertz CT molecular complexity index is 1250. The Labute approximate surface area is 191 Å². The van der Waals surface area contributed by atoms with E-state index in [0.29, 0.717) is 34.2 Å². The van der Waals surface area contributed by atoms with Gasteiger partial charge in [0.2, 0.25) is 5.78 Å². The van der Waals surface area contributed by atoms with E-state index in [4.69, 9.17) is 18.9 Å².